The van der Waals surface area contributed by atoms with Crippen LogP contribution in [0.2, 0.25) is 0 Å². The molecule has 3 aliphatic rings. The number of aromatic amines is 1. The summed E-state index contributed by atoms with van der Waals surface area (Å²) in [5.41, 5.74) is 1.48. The van der Waals surface area contributed by atoms with E-state index in [1.54, 1.807) is 4.90 Å². The number of halogens is 2. The lowest BCUT2D eigenvalue weighted by Crippen LogP contribution is -2.56. The fraction of sp³-hybridized carbons (Fsp3) is 0.515. The van der Waals surface area contributed by atoms with E-state index >= 15 is 0 Å². The number of piperazine rings is 1. The Morgan fingerprint density at radius 1 is 0.870 bits per heavy atom. The first-order valence-corrected chi connectivity index (χ1v) is 17.3. The third-order valence-electron chi connectivity index (χ3n) is 9.13. The van der Waals surface area contributed by atoms with Crippen molar-refractivity contribution in [3.8, 4) is 11.4 Å². The molecule has 1 aromatic heterocycles. The van der Waals surface area contributed by atoms with Crippen LogP contribution in [-0.2, 0) is 16.0 Å². The van der Waals surface area contributed by atoms with Gasteiger partial charge in [-0.1, -0.05) is 43.8 Å². The molecule has 0 bridgehead atoms. The minimum atomic E-state index is -0.934. The van der Waals surface area contributed by atoms with Crippen LogP contribution in [0.4, 0.5) is 4.79 Å². The summed E-state index contributed by atoms with van der Waals surface area (Å²) < 4.78 is 9.28. The predicted octanol–water partition coefficient (Wildman–Crippen LogP) is 4.68. The zero-order chi connectivity index (χ0) is 31.3. The minimum absolute atomic E-state index is 0. The summed E-state index contributed by atoms with van der Waals surface area (Å²) in [6.07, 6.45) is 2.23. The second-order valence-corrected chi connectivity index (χ2v) is 13.7. The number of carbonyl (C=O) groups is 2. The number of nitrogens with one attached hydrogen (secondary N) is 2. The topological polar surface area (TPSA) is 116 Å². The monoisotopic (exact) mass is 759 g/mol. The van der Waals surface area contributed by atoms with Crippen molar-refractivity contribution in [2.24, 2.45) is 0 Å². The molecule has 13 heteroatoms. The number of carbonyl (C=O) groups excluding carboxylic acids is 2. The fourth-order valence-corrected chi connectivity index (χ4v) is 7.22. The highest BCUT2D eigenvalue weighted by Gasteiger charge is 2.35. The molecule has 0 radical (unpaired) electrons. The smallest absolute Gasteiger partial charge is 0.410 e. The van der Waals surface area contributed by atoms with Crippen molar-refractivity contribution in [3.05, 3.63) is 73.5 Å². The molecule has 6 rings (SSSR count). The molecule has 3 aliphatic heterocycles. The summed E-state index contributed by atoms with van der Waals surface area (Å²) in [7, 11) is 0. The number of likely N-dealkylation sites (tertiary alicyclic amines) is 1. The maximum absolute atomic E-state index is 13.9. The number of hydrogen-bond donors (Lipinski definition) is 2. The van der Waals surface area contributed by atoms with E-state index in [1.807, 2.05) is 53.4 Å². The number of aromatic nitrogens is 3. The van der Waals surface area contributed by atoms with Gasteiger partial charge in [0.1, 0.15) is 0 Å². The Hall–Kier alpha value is -3.00. The highest BCUT2D eigenvalue weighted by molar-refractivity contribution is 9.13. The van der Waals surface area contributed by atoms with Gasteiger partial charge in [0, 0.05) is 66.2 Å². The van der Waals surface area contributed by atoms with Crippen LogP contribution in [0.25, 0.3) is 11.4 Å². The molecular weight excluding hydrogens is 718 g/mol. The highest BCUT2D eigenvalue weighted by Crippen LogP contribution is 2.26. The highest BCUT2D eigenvalue weighted by atomic mass is 79.9. The zero-order valence-corrected chi connectivity index (χ0v) is 28.3. The van der Waals surface area contributed by atoms with Crippen LogP contribution in [0.5, 0.6) is 0 Å². The van der Waals surface area contributed by atoms with Gasteiger partial charge in [-0.3, -0.25) is 14.7 Å². The van der Waals surface area contributed by atoms with Crippen molar-refractivity contribution in [2.45, 2.75) is 57.7 Å². The number of nitrogens with zero attached hydrogens (tertiary/aromatic N) is 5. The number of benzene rings is 2. The average Bonchev–Trinajstić information content (AvgIpc) is 3.48. The van der Waals surface area contributed by atoms with Gasteiger partial charge in [0.25, 0.3) is 5.91 Å². The van der Waals surface area contributed by atoms with Gasteiger partial charge < -0.3 is 19.9 Å². The molecule has 2 amide bonds. The van der Waals surface area contributed by atoms with Crippen LogP contribution in [0, 0.1) is 0 Å². The van der Waals surface area contributed by atoms with Crippen LogP contribution >= 0.6 is 31.9 Å². The standard InChI is InChI=1S/C32H39Br2N7O4.CH4/c33-26-7-6-22(20-27(26)34)21-28(30(42)39-18-16-38(17-19-39)24-8-12-35-13-9-24)45-32(44)40-14-10-25(11-15-40)41-31(43)36-29(37-41)23-4-2-1-3-5-23;/h1-7,20,24-25,28,35H,8-19,21H2,(H,36,37,43);1H4/t28-;/m1./s1. The summed E-state index contributed by atoms with van der Waals surface area (Å²) in [6.45, 7) is 5.78. The largest absolute Gasteiger partial charge is 0.436 e. The van der Waals surface area contributed by atoms with Crippen LogP contribution in [0.1, 0.15) is 44.7 Å². The van der Waals surface area contributed by atoms with Crippen molar-refractivity contribution in [1.29, 1.82) is 0 Å². The third-order valence-corrected chi connectivity index (χ3v) is 11.0. The Labute approximate surface area is 286 Å². The Kier molecular flexibility index (Phi) is 11.7. The summed E-state index contributed by atoms with van der Waals surface area (Å²) in [5.74, 6) is 0.374. The van der Waals surface area contributed by atoms with E-state index in [1.165, 1.54) is 4.68 Å². The van der Waals surface area contributed by atoms with E-state index in [4.69, 9.17) is 4.74 Å². The molecule has 2 N–H and O–H groups in total. The van der Waals surface area contributed by atoms with Crippen LogP contribution in [0.15, 0.2) is 62.3 Å². The Morgan fingerprint density at radius 2 is 1.57 bits per heavy atom. The maximum atomic E-state index is 13.9. The van der Waals surface area contributed by atoms with Gasteiger partial charge in [-0.15, -0.1) is 5.10 Å². The van der Waals surface area contributed by atoms with Gasteiger partial charge in [0.15, 0.2) is 11.9 Å². The summed E-state index contributed by atoms with van der Waals surface area (Å²) in [6, 6.07) is 15.8. The van der Waals surface area contributed by atoms with Crippen molar-refractivity contribution in [3.63, 3.8) is 0 Å². The van der Waals surface area contributed by atoms with Gasteiger partial charge in [-0.05, 0) is 88.3 Å². The van der Waals surface area contributed by atoms with E-state index in [-0.39, 0.29) is 31.5 Å². The molecule has 11 nitrogen and oxygen atoms in total. The number of hydrogen-bond acceptors (Lipinski definition) is 7. The summed E-state index contributed by atoms with van der Waals surface area (Å²) >= 11 is 7.06. The Balaban J connectivity index is 0.00000417. The van der Waals surface area contributed by atoms with Gasteiger partial charge in [-0.2, -0.15) is 0 Å². The molecule has 2 aromatic carbocycles. The predicted molar refractivity (Wildman–Crippen MR) is 185 cm³/mol. The molecular formula is C33H43Br2N7O4. The summed E-state index contributed by atoms with van der Waals surface area (Å²) in [4.78, 5) is 48.9. The zero-order valence-electron chi connectivity index (χ0n) is 25.2. The van der Waals surface area contributed by atoms with Gasteiger partial charge in [0.2, 0.25) is 0 Å². The number of ether oxygens (including phenoxy) is 1. The lowest BCUT2D eigenvalue weighted by molar-refractivity contribution is -0.143. The molecule has 3 fully saturated rings. The molecule has 0 spiro atoms. The van der Waals surface area contributed by atoms with Gasteiger partial charge in [-0.25, -0.2) is 14.3 Å². The maximum Gasteiger partial charge on any atom is 0.410 e. The minimum Gasteiger partial charge on any atom is -0.436 e. The molecule has 0 unspecified atom stereocenters. The van der Waals surface area contributed by atoms with E-state index in [0.29, 0.717) is 50.9 Å². The average molecular weight is 762 g/mol. The quantitative estimate of drug-likeness (QED) is 0.360. The van der Waals surface area contributed by atoms with Gasteiger partial charge >= 0.3 is 11.8 Å². The second-order valence-electron chi connectivity index (χ2n) is 12.0. The van der Waals surface area contributed by atoms with Crippen LogP contribution in [-0.4, -0.2) is 106 Å². The number of rotatable bonds is 7. The SMILES string of the molecule is C.O=C(O[C@H](Cc1ccc(Br)c(Br)c1)C(=O)N1CCN(C2CCNCC2)CC1)N1CCC(n2nc(-c3ccccc3)[nH]c2=O)CC1. The molecule has 0 aliphatic carbocycles. The van der Waals surface area contributed by atoms with E-state index < -0.39 is 12.2 Å². The van der Waals surface area contributed by atoms with Crippen molar-refractivity contribution in [1.82, 2.24) is 34.8 Å². The lowest BCUT2D eigenvalue weighted by atomic mass is 10.0. The molecule has 1 atom stereocenters. The Morgan fingerprint density at radius 3 is 2.24 bits per heavy atom. The van der Waals surface area contributed by atoms with Gasteiger partial charge in [0.05, 0.1) is 6.04 Å². The summed E-state index contributed by atoms with van der Waals surface area (Å²) in [5, 5.41) is 7.96. The first kappa shape index (κ1) is 34.3. The molecule has 46 heavy (non-hydrogen) atoms. The van der Waals surface area contributed by atoms with E-state index in [2.05, 4.69) is 52.2 Å². The van der Waals surface area contributed by atoms with Crippen molar-refractivity contribution < 1.29 is 14.3 Å². The lowest BCUT2D eigenvalue weighted by Gasteiger charge is -2.41. The van der Waals surface area contributed by atoms with E-state index in [0.717, 1.165) is 59.1 Å². The molecule has 4 heterocycles. The third kappa shape index (κ3) is 8.10. The fourth-order valence-electron chi connectivity index (χ4n) is 6.54. The van der Waals surface area contributed by atoms with Crippen LogP contribution in [0.3, 0.4) is 0 Å². The van der Waals surface area contributed by atoms with Crippen LogP contribution < -0.4 is 11.0 Å². The molecule has 3 aromatic rings. The number of amides is 2. The normalized spacial score (nSPS) is 19.0. The molecule has 0 saturated carbocycles. The number of H-pyrrole nitrogens is 1. The van der Waals surface area contributed by atoms with Crippen molar-refractivity contribution in [2.75, 3.05) is 52.4 Å². The molecule has 248 valence electrons. The Bertz CT molecular complexity index is 1530. The molecule has 3 saturated heterocycles. The first-order chi connectivity index (χ1) is 21.9. The second kappa shape index (κ2) is 15.7. The first-order valence-electron chi connectivity index (χ1n) is 15.7. The van der Waals surface area contributed by atoms with E-state index in [9.17, 15) is 14.4 Å². The van der Waals surface area contributed by atoms with Crippen molar-refractivity contribution >= 4 is 43.9 Å². The number of piperidine rings is 2.